The predicted octanol–water partition coefficient (Wildman–Crippen LogP) is 4.49. The molecule has 0 aromatic heterocycles. The lowest BCUT2D eigenvalue weighted by molar-refractivity contribution is 0.367. The molecule has 0 amide bonds. The van der Waals surface area contributed by atoms with Crippen LogP contribution in [0.3, 0.4) is 0 Å². The first-order valence-corrected chi connectivity index (χ1v) is 8.78. The fraction of sp³-hybridized carbons (Fsp3) is 1.00. The molecule has 0 radical (unpaired) electrons. The maximum absolute atomic E-state index is 1.61. The van der Waals surface area contributed by atoms with Gasteiger partial charge in [-0.05, 0) is 0 Å². The molecule has 4 aliphatic rings. The van der Waals surface area contributed by atoms with E-state index in [1.54, 1.807) is 91.6 Å². The Bertz CT molecular complexity index is 277. The summed E-state index contributed by atoms with van der Waals surface area (Å²) in [5, 5.41) is 1.71. The normalized spacial score (nSPS) is 48.4. The van der Waals surface area contributed by atoms with Crippen molar-refractivity contribution in [2.45, 2.75) is 99.3 Å². The molecule has 4 fully saturated rings. The minimum atomic E-state index is 0.857. The third kappa shape index (κ3) is 1.98. The summed E-state index contributed by atoms with van der Waals surface area (Å²) >= 11 is 0. The zero-order chi connectivity index (χ0) is 12.1. The van der Waals surface area contributed by atoms with E-state index in [-0.39, 0.29) is 0 Å². The van der Waals surface area contributed by atoms with Crippen molar-refractivity contribution in [2.24, 2.45) is 0 Å². The van der Waals surface area contributed by atoms with E-state index in [0.717, 1.165) is 22.3 Å². The first kappa shape index (κ1) is 11.9. The SMILES string of the molecule is B1C2CCC1(CCCCC13BC(CC1)CC3)CC2. The Morgan fingerprint density at radius 2 is 1.06 bits per heavy atom. The molecule has 2 heteroatoms. The fourth-order valence-corrected chi connectivity index (χ4v) is 6.33. The van der Waals surface area contributed by atoms with Gasteiger partial charge in [0.15, 0.2) is 0 Å². The molecule has 0 aromatic rings. The second-order valence-electron chi connectivity index (χ2n) is 8.50. The van der Waals surface area contributed by atoms with Crippen molar-refractivity contribution in [3.05, 3.63) is 0 Å². The first-order chi connectivity index (χ1) is 8.78. The van der Waals surface area contributed by atoms with Crippen LogP contribution in [0.4, 0.5) is 0 Å². The number of hydrogen-bond acceptors (Lipinski definition) is 0. The van der Waals surface area contributed by atoms with Crippen LogP contribution in [0.1, 0.15) is 77.0 Å². The summed E-state index contributed by atoms with van der Waals surface area (Å²) in [6.45, 7) is 0. The molecule has 0 aliphatic carbocycles. The van der Waals surface area contributed by atoms with Crippen LogP contribution in [0, 0.1) is 0 Å². The maximum atomic E-state index is 1.61. The van der Waals surface area contributed by atoms with Gasteiger partial charge in [0.05, 0.1) is 0 Å². The van der Waals surface area contributed by atoms with Crippen LogP contribution in [-0.4, -0.2) is 14.6 Å². The molecule has 4 rings (SSSR count). The van der Waals surface area contributed by atoms with Crippen molar-refractivity contribution >= 4 is 14.6 Å². The summed E-state index contributed by atoms with van der Waals surface area (Å²) in [6.07, 6.45) is 18.9. The van der Waals surface area contributed by atoms with Gasteiger partial charge in [0.1, 0.15) is 14.6 Å². The van der Waals surface area contributed by atoms with Crippen molar-refractivity contribution in [2.75, 3.05) is 0 Å². The van der Waals surface area contributed by atoms with Gasteiger partial charge in [-0.25, -0.2) is 0 Å². The van der Waals surface area contributed by atoms with Gasteiger partial charge >= 0.3 is 0 Å². The second kappa shape index (κ2) is 4.32. The van der Waals surface area contributed by atoms with Crippen molar-refractivity contribution < 1.29 is 0 Å². The molecular formula is C16H28B2. The molecule has 0 spiro atoms. The average molecular weight is 242 g/mol. The summed E-state index contributed by atoms with van der Waals surface area (Å²) in [5.74, 6) is 2.29. The number of hydrogen-bond donors (Lipinski definition) is 0. The van der Waals surface area contributed by atoms with E-state index in [9.17, 15) is 0 Å². The third-order valence-corrected chi connectivity index (χ3v) is 7.44. The smallest absolute Gasteiger partial charge is 0.0651 e. The van der Waals surface area contributed by atoms with Crippen LogP contribution in [0.15, 0.2) is 0 Å². The van der Waals surface area contributed by atoms with E-state index >= 15 is 0 Å². The van der Waals surface area contributed by atoms with Gasteiger partial charge in [-0.15, -0.1) is 0 Å². The van der Waals surface area contributed by atoms with E-state index in [1.807, 2.05) is 0 Å². The van der Waals surface area contributed by atoms with Crippen LogP contribution in [-0.2, 0) is 0 Å². The molecule has 4 bridgehead atoms. The number of rotatable bonds is 5. The summed E-state index contributed by atoms with van der Waals surface area (Å²) in [4.78, 5) is 0. The van der Waals surface area contributed by atoms with Crippen LogP contribution in [0.5, 0.6) is 0 Å². The molecule has 18 heavy (non-hydrogen) atoms. The van der Waals surface area contributed by atoms with E-state index < -0.39 is 0 Å². The Morgan fingerprint density at radius 3 is 1.33 bits per heavy atom. The summed E-state index contributed by atoms with van der Waals surface area (Å²) in [5.41, 5.74) is 0. The lowest BCUT2D eigenvalue weighted by atomic mass is 9.52. The van der Waals surface area contributed by atoms with Gasteiger partial charge in [0.25, 0.3) is 0 Å². The standard InChI is InChI=1S/C16H28B2/c1(7-15-9-3-13(17-15)4-10-15)2-8-16-11-5-14(18-16)6-12-16/h13-14,17-18H,1-12H2. The molecule has 0 atom stereocenters. The third-order valence-electron chi connectivity index (χ3n) is 7.44. The molecular weight excluding hydrogens is 214 g/mol. The van der Waals surface area contributed by atoms with Gasteiger partial charge in [0, 0.05) is 0 Å². The topological polar surface area (TPSA) is 0 Å². The minimum Gasteiger partial charge on any atom is -0.0651 e. The van der Waals surface area contributed by atoms with E-state index in [0.29, 0.717) is 0 Å². The molecule has 0 saturated carbocycles. The van der Waals surface area contributed by atoms with Gasteiger partial charge in [-0.2, -0.15) is 0 Å². The second-order valence-corrected chi connectivity index (χ2v) is 8.50. The Kier molecular flexibility index (Phi) is 2.86. The van der Waals surface area contributed by atoms with Crippen molar-refractivity contribution in [3.63, 3.8) is 0 Å². The van der Waals surface area contributed by atoms with Crippen LogP contribution >= 0.6 is 0 Å². The Hall–Kier alpha value is 0.130. The zero-order valence-corrected chi connectivity index (χ0v) is 12.1. The molecule has 0 N–H and O–H groups in total. The molecule has 0 aromatic carbocycles. The zero-order valence-electron chi connectivity index (χ0n) is 12.1. The minimum absolute atomic E-state index is 0.857. The first-order valence-electron chi connectivity index (χ1n) is 8.78. The van der Waals surface area contributed by atoms with Crippen LogP contribution < -0.4 is 0 Å². The van der Waals surface area contributed by atoms with Crippen LogP contribution in [0.2, 0.25) is 22.3 Å². The highest BCUT2D eigenvalue weighted by atomic mass is 14.4. The molecule has 4 aliphatic heterocycles. The molecule has 4 saturated heterocycles. The summed E-state index contributed by atoms with van der Waals surface area (Å²) < 4.78 is 0. The van der Waals surface area contributed by atoms with E-state index in [1.165, 1.54) is 0 Å². The number of fused-ring (bicyclic) bond motifs is 4. The Balaban J connectivity index is 1.23. The monoisotopic (exact) mass is 242 g/mol. The van der Waals surface area contributed by atoms with Gasteiger partial charge < -0.3 is 0 Å². The molecule has 4 heterocycles. The van der Waals surface area contributed by atoms with Crippen molar-refractivity contribution in [3.8, 4) is 0 Å². The van der Waals surface area contributed by atoms with Crippen molar-refractivity contribution in [1.29, 1.82) is 0 Å². The Labute approximate surface area is 114 Å². The highest BCUT2D eigenvalue weighted by molar-refractivity contribution is 6.44. The predicted molar refractivity (Wildman–Crippen MR) is 82.6 cm³/mol. The van der Waals surface area contributed by atoms with Gasteiger partial charge in [-0.3, -0.25) is 0 Å². The van der Waals surface area contributed by atoms with Crippen molar-refractivity contribution in [1.82, 2.24) is 0 Å². The summed E-state index contributed by atoms with van der Waals surface area (Å²) in [7, 11) is 3.22. The van der Waals surface area contributed by atoms with E-state index in [4.69, 9.17) is 0 Å². The number of unbranched alkanes of at least 4 members (excludes halogenated alkanes) is 1. The van der Waals surface area contributed by atoms with Gasteiger partial charge in [0.2, 0.25) is 0 Å². The largest absolute Gasteiger partial charge is 0.131 e. The lowest BCUT2D eigenvalue weighted by Crippen LogP contribution is -2.13. The fourth-order valence-electron chi connectivity index (χ4n) is 6.33. The quantitative estimate of drug-likeness (QED) is 0.492. The summed E-state index contributed by atoms with van der Waals surface area (Å²) in [6, 6.07) is 0. The lowest BCUT2D eigenvalue weighted by Gasteiger charge is -2.29. The highest BCUT2D eigenvalue weighted by Gasteiger charge is 2.46. The van der Waals surface area contributed by atoms with E-state index in [2.05, 4.69) is 0 Å². The maximum Gasteiger partial charge on any atom is 0.131 e. The van der Waals surface area contributed by atoms with Gasteiger partial charge in [-0.1, -0.05) is 99.3 Å². The molecule has 0 nitrogen and oxygen atoms in total. The van der Waals surface area contributed by atoms with Crippen LogP contribution in [0.25, 0.3) is 0 Å². The molecule has 0 unspecified atom stereocenters. The Morgan fingerprint density at radius 1 is 0.667 bits per heavy atom. The average Bonchev–Trinajstić information content (AvgIpc) is 3.15. The highest BCUT2D eigenvalue weighted by Crippen LogP contribution is 2.61. The molecule has 98 valence electrons.